The lowest BCUT2D eigenvalue weighted by Crippen LogP contribution is -1.85. The van der Waals surface area contributed by atoms with Crippen LogP contribution >= 0.6 is 45.7 Å². The average Bonchev–Trinajstić information content (AvgIpc) is 2.61. The predicted molar refractivity (Wildman–Crippen MR) is 58.8 cm³/mol. The van der Waals surface area contributed by atoms with Crippen LogP contribution in [0, 0.1) is 3.57 Å². The van der Waals surface area contributed by atoms with Crippen LogP contribution in [0.1, 0.15) is 0 Å². The molecule has 66 valence electrons. The first-order valence-corrected chi connectivity index (χ1v) is 6.03. The van der Waals surface area contributed by atoms with E-state index < -0.39 is 0 Å². The molecule has 0 saturated carbocycles. The quantitative estimate of drug-likeness (QED) is 0.626. The van der Waals surface area contributed by atoms with Crippen LogP contribution in [0.2, 0.25) is 0 Å². The standard InChI is InChI=1S/C6H3IN4S2/c7-4-1-8-2-9-5(4)13-6-11-10-3-12-6/h1-3H. The molecular formula is C6H3IN4S2. The van der Waals surface area contributed by atoms with Crippen molar-refractivity contribution >= 4 is 45.7 Å². The molecule has 4 nitrogen and oxygen atoms in total. The second-order valence-corrected chi connectivity index (χ2v) is 5.21. The Morgan fingerprint density at radius 2 is 2.38 bits per heavy atom. The number of rotatable bonds is 2. The van der Waals surface area contributed by atoms with Crippen molar-refractivity contribution in [1.29, 1.82) is 0 Å². The molecule has 0 aromatic carbocycles. The summed E-state index contributed by atoms with van der Waals surface area (Å²) >= 11 is 5.21. The van der Waals surface area contributed by atoms with Gasteiger partial charge in [-0.3, -0.25) is 0 Å². The minimum atomic E-state index is 0.900. The molecule has 0 amide bonds. The highest BCUT2D eigenvalue weighted by Crippen LogP contribution is 2.29. The molecule has 2 aromatic rings. The number of hydrogen-bond acceptors (Lipinski definition) is 6. The Bertz CT molecular complexity index is 391. The Hall–Kier alpha value is -0.280. The summed E-state index contributed by atoms with van der Waals surface area (Å²) in [5.41, 5.74) is 1.70. The normalized spacial score (nSPS) is 10.2. The maximum Gasteiger partial charge on any atom is 0.180 e. The Labute approximate surface area is 96.4 Å². The van der Waals surface area contributed by atoms with Gasteiger partial charge in [0.2, 0.25) is 0 Å². The lowest BCUT2D eigenvalue weighted by Gasteiger charge is -1.96. The second-order valence-electron chi connectivity index (χ2n) is 1.98. The molecule has 2 aromatic heterocycles. The van der Waals surface area contributed by atoms with Gasteiger partial charge in [-0.15, -0.1) is 10.2 Å². The number of halogens is 1. The van der Waals surface area contributed by atoms with E-state index in [4.69, 9.17) is 0 Å². The van der Waals surface area contributed by atoms with Crippen LogP contribution in [0.4, 0.5) is 0 Å². The van der Waals surface area contributed by atoms with E-state index in [1.54, 1.807) is 11.7 Å². The molecule has 0 aliphatic heterocycles. The fraction of sp³-hybridized carbons (Fsp3) is 0. The molecule has 2 heterocycles. The van der Waals surface area contributed by atoms with Gasteiger partial charge in [-0.2, -0.15) is 0 Å². The number of nitrogens with zero attached hydrogens (tertiary/aromatic N) is 4. The lowest BCUT2D eigenvalue weighted by atomic mass is 10.7. The molecule has 2 rings (SSSR count). The SMILES string of the molecule is Ic1cncnc1Sc1nncs1. The maximum atomic E-state index is 4.14. The molecule has 0 unspecified atom stereocenters. The first-order chi connectivity index (χ1) is 6.36. The second kappa shape index (κ2) is 4.29. The number of aromatic nitrogens is 4. The van der Waals surface area contributed by atoms with E-state index in [9.17, 15) is 0 Å². The van der Waals surface area contributed by atoms with Crippen molar-refractivity contribution in [3.63, 3.8) is 0 Å². The first kappa shape index (κ1) is 9.28. The van der Waals surface area contributed by atoms with Crippen LogP contribution < -0.4 is 0 Å². The third kappa shape index (κ3) is 2.35. The van der Waals surface area contributed by atoms with E-state index in [2.05, 4.69) is 42.8 Å². The van der Waals surface area contributed by atoms with Crippen LogP contribution in [0.5, 0.6) is 0 Å². The van der Waals surface area contributed by atoms with Crippen molar-refractivity contribution in [2.45, 2.75) is 9.37 Å². The van der Waals surface area contributed by atoms with Crippen LogP contribution in [0.15, 0.2) is 27.4 Å². The van der Waals surface area contributed by atoms with Crippen molar-refractivity contribution in [2.24, 2.45) is 0 Å². The van der Waals surface area contributed by atoms with Gasteiger partial charge in [-0.05, 0) is 34.4 Å². The van der Waals surface area contributed by atoms with Crippen LogP contribution in [0.3, 0.4) is 0 Å². The Balaban J connectivity index is 2.24. The van der Waals surface area contributed by atoms with Crippen molar-refractivity contribution in [3.8, 4) is 0 Å². The molecule has 0 fully saturated rings. The predicted octanol–water partition coefficient (Wildman–Crippen LogP) is 2.08. The zero-order valence-corrected chi connectivity index (χ0v) is 10.0. The van der Waals surface area contributed by atoms with Gasteiger partial charge < -0.3 is 0 Å². The van der Waals surface area contributed by atoms with Crippen LogP contribution in [0.25, 0.3) is 0 Å². The molecule has 0 spiro atoms. The van der Waals surface area contributed by atoms with Crippen molar-refractivity contribution in [1.82, 2.24) is 20.2 Å². The molecule has 13 heavy (non-hydrogen) atoms. The number of hydrogen-bond donors (Lipinski definition) is 0. The zero-order valence-electron chi connectivity index (χ0n) is 6.22. The van der Waals surface area contributed by atoms with Gasteiger partial charge in [0.25, 0.3) is 0 Å². The van der Waals surface area contributed by atoms with Gasteiger partial charge in [0.15, 0.2) is 4.34 Å². The van der Waals surface area contributed by atoms with E-state index in [1.165, 1.54) is 29.4 Å². The Kier molecular flexibility index (Phi) is 3.06. The average molecular weight is 322 g/mol. The topological polar surface area (TPSA) is 51.6 Å². The van der Waals surface area contributed by atoms with Gasteiger partial charge >= 0.3 is 0 Å². The van der Waals surface area contributed by atoms with Crippen molar-refractivity contribution in [3.05, 3.63) is 21.6 Å². The van der Waals surface area contributed by atoms with E-state index in [-0.39, 0.29) is 0 Å². The highest BCUT2D eigenvalue weighted by atomic mass is 127. The third-order valence-corrected chi connectivity index (χ3v) is 4.11. The molecule has 0 N–H and O–H groups in total. The summed E-state index contributed by atoms with van der Waals surface area (Å²) in [4.78, 5) is 8.05. The van der Waals surface area contributed by atoms with E-state index in [0.29, 0.717) is 0 Å². The Morgan fingerprint density at radius 1 is 1.46 bits per heavy atom. The van der Waals surface area contributed by atoms with Crippen molar-refractivity contribution in [2.75, 3.05) is 0 Å². The lowest BCUT2D eigenvalue weighted by molar-refractivity contribution is 0.991. The summed E-state index contributed by atoms with van der Waals surface area (Å²) in [5.74, 6) is 0. The molecule has 0 aliphatic rings. The zero-order chi connectivity index (χ0) is 9.10. The van der Waals surface area contributed by atoms with Gasteiger partial charge in [0.1, 0.15) is 16.9 Å². The first-order valence-electron chi connectivity index (χ1n) is 3.26. The van der Waals surface area contributed by atoms with E-state index in [0.717, 1.165) is 12.9 Å². The molecule has 0 saturated heterocycles. The molecule has 0 bridgehead atoms. The van der Waals surface area contributed by atoms with Gasteiger partial charge in [-0.25, -0.2) is 9.97 Å². The largest absolute Gasteiger partial charge is 0.244 e. The van der Waals surface area contributed by atoms with Crippen LogP contribution in [-0.4, -0.2) is 20.2 Å². The molecule has 0 radical (unpaired) electrons. The van der Waals surface area contributed by atoms with Crippen molar-refractivity contribution < 1.29 is 0 Å². The summed E-state index contributed by atoms with van der Waals surface area (Å²) in [5, 5.41) is 8.59. The van der Waals surface area contributed by atoms with Gasteiger partial charge in [0, 0.05) is 6.20 Å². The third-order valence-electron chi connectivity index (χ3n) is 1.16. The fourth-order valence-electron chi connectivity index (χ4n) is 0.667. The monoisotopic (exact) mass is 322 g/mol. The summed E-state index contributed by atoms with van der Waals surface area (Å²) in [6.07, 6.45) is 3.31. The van der Waals surface area contributed by atoms with E-state index >= 15 is 0 Å². The van der Waals surface area contributed by atoms with Crippen LogP contribution in [-0.2, 0) is 0 Å². The fourth-order valence-corrected chi connectivity index (χ4v) is 2.64. The van der Waals surface area contributed by atoms with Gasteiger partial charge in [-0.1, -0.05) is 11.3 Å². The smallest absolute Gasteiger partial charge is 0.180 e. The molecule has 7 heteroatoms. The minimum Gasteiger partial charge on any atom is -0.244 e. The summed E-state index contributed by atoms with van der Waals surface area (Å²) in [6.45, 7) is 0. The summed E-state index contributed by atoms with van der Waals surface area (Å²) in [7, 11) is 0. The molecular weight excluding hydrogens is 319 g/mol. The molecule has 0 aliphatic carbocycles. The molecule has 0 atom stereocenters. The summed E-state index contributed by atoms with van der Waals surface area (Å²) in [6, 6.07) is 0. The Morgan fingerprint density at radius 3 is 3.08 bits per heavy atom. The van der Waals surface area contributed by atoms with E-state index in [1.807, 2.05) is 0 Å². The van der Waals surface area contributed by atoms with Gasteiger partial charge in [0.05, 0.1) is 3.57 Å². The summed E-state index contributed by atoms with van der Waals surface area (Å²) < 4.78 is 1.93. The highest BCUT2D eigenvalue weighted by Gasteiger charge is 2.05. The highest BCUT2D eigenvalue weighted by molar-refractivity contribution is 14.1. The maximum absolute atomic E-state index is 4.14. The minimum absolute atomic E-state index is 0.900.